The first-order valence-electron chi connectivity index (χ1n) is 9.31. The Morgan fingerprint density at radius 1 is 0.889 bits per heavy atom. The second-order valence-electron chi connectivity index (χ2n) is 7.35. The molecule has 4 nitrogen and oxygen atoms in total. The zero-order valence-corrected chi connectivity index (χ0v) is 15.0. The molecule has 2 heterocycles. The van der Waals surface area contributed by atoms with E-state index in [-0.39, 0.29) is 11.3 Å². The van der Waals surface area contributed by atoms with E-state index in [4.69, 9.17) is 10.7 Å². The Morgan fingerprint density at radius 3 is 2.30 bits per heavy atom. The topological polar surface area (TPSA) is 63.5 Å². The Balaban J connectivity index is 1.70. The molecule has 3 N–H and O–H groups in total. The Labute approximate surface area is 157 Å². The number of hydrogen-bond acceptors (Lipinski definition) is 3. The number of aromatic nitrogens is 2. The van der Waals surface area contributed by atoms with Crippen LogP contribution in [0.3, 0.4) is 0 Å². The summed E-state index contributed by atoms with van der Waals surface area (Å²) in [5.41, 5.74) is 11.9. The summed E-state index contributed by atoms with van der Waals surface area (Å²) >= 11 is 0. The van der Waals surface area contributed by atoms with Crippen molar-refractivity contribution in [2.24, 2.45) is 5.73 Å². The Morgan fingerprint density at radius 2 is 1.63 bits per heavy atom. The third-order valence-corrected chi connectivity index (χ3v) is 5.66. The molecule has 4 aromatic rings. The minimum absolute atomic E-state index is 0.169. The van der Waals surface area contributed by atoms with Gasteiger partial charge in [-0.25, -0.2) is 4.98 Å². The van der Waals surface area contributed by atoms with Gasteiger partial charge in [-0.05, 0) is 37.0 Å². The van der Waals surface area contributed by atoms with E-state index < -0.39 is 0 Å². The van der Waals surface area contributed by atoms with Gasteiger partial charge in [0.05, 0.1) is 11.4 Å². The summed E-state index contributed by atoms with van der Waals surface area (Å²) in [4.78, 5) is 4.77. The van der Waals surface area contributed by atoms with E-state index in [1.165, 1.54) is 12.0 Å². The lowest BCUT2D eigenvalue weighted by Crippen LogP contribution is -2.43. The lowest BCUT2D eigenvalue weighted by Gasteiger charge is -2.38. The van der Waals surface area contributed by atoms with Crippen LogP contribution in [0.2, 0.25) is 0 Å². The SMILES string of the molecule is NC1(c2ccc(-c3nc4c(O)cccn4c3-c3ccccc3)cc2)CCC1. The van der Waals surface area contributed by atoms with E-state index in [9.17, 15) is 5.11 Å². The molecule has 0 saturated heterocycles. The average molecular weight is 355 g/mol. The van der Waals surface area contributed by atoms with Gasteiger partial charge in [-0.15, -0.1) is 0 Å². The van der Waals surface area contributed by atoms with Crippen molar-refractivity contribution in [3.63, 3.8) is 0 Å². The standard InChI is InChI=1S/C23H21N3O/c24-23(13-5-14-23)18-11-9-16(10-12-18)20-21(17-6-2-1-3-7-17)26-15-4-8-19(27)22(26)25-20/h1-4,6-12,15,27H,5,13-14,24H2. The number of imidazole rings is 1. The molecule has 1 aliphatic rings. The predicted molar refractivity (Wildman–Crippen MR) is 107 cm³/mol. The van der Waals surface area contributed by atoms with Crippen molar-refractivity contribution >= 4 is 5.65 Å². The van der Waals surface area contributed by atoms with Gasteiger partial charge in [0.2, 0.25) is 0 Å². The zero-order valence-electron chi connectivity index (χ0n) is 15.0. The molecule has 0 unspecified atom stereocenters. The molecule has 2 aromatic heterocycles. The van der Waals surface area contributed by atoms with Gasteiger partial charge in [0.1, 0.15) is 0 Å². The highest BCUT2D eigenvalue weighted by molar-refractivity contribution is 5.83. The largest absolute Gasteiger partial charge is 0.504 e. The van der Waals surface area contributed by atoms with E-state index in [2.05, 4.69) is 36.4 Å². The van der Waals surface area contributed by atoms with Crippen LogP contribution in [0.1, 0.15) is 24.8 Å². The van der Waals surface area contributed by atoms with Crippen molar-refractivity contribution in [1.29, 1.82) is 0 Å². The maximum atomic E-state index is 10.3. The first-order valence-corrected chi connectivity index (χ1v) is 9.31. The highest BCUT2D eigenvalue weighted by Gasteiger charge is 2.34. The molecule has 27 heavy (non-hydrogen) atoms. The number of hydrogen-bond donors (Lipinski definition) is 2. The molecular weight excluding hydrogens is 334 g/mol. The second-order valence-corrected chi connectivity index (χ2v) is 7.35. The molecule has 0 bridgehead atoms. The number of nitrogens with two attached hydrogens (primary N) is 1. The molecule has 0 radical (unpaired) electrons. The fourth-order valence-electron chi connectivity index (χ4n) is 3.93. The van der Waals surface area contributed by atoms with Gasteiger partial charge in [0, 0.05) is 22.9 Å². The van der Waals surface area contributed by atoms with Gasteiger partial charge in [-0.3, -0.25) is 4.40 Å². The number of pyridine rings is 1. The highest BCUT2D eigenvalue weighted by Crippen LogP contribution is 2.40. The van der Waals surface area contributed by atoms with Gasteiger partial charge in [-0.2, -0.15) is 0 Å². The number of aromatic hydroxyl groups is 1. The van der Waals surface area contributed by atoms with Crippen LogP contribution in [0, 0.1) is 0 Å². The molecule has 0 aliphatic heterocycles. The zero-order chi connectivity index (χ0) is 18.4. The van der Waals surface area contributed by atoms with E-state index in [0.717, 1.165) is 35.4 Å². The Hall–Kier alpha value is -3.11. The molecule has 1 fully saturated rings. The van der Waals surface area contributed by atoms with Gasteiger partial charge in [-0.1, -0.05) is 54.6 Å². The van der Waals surface area contributed by atoms with Crippen LogP contribution in [0.15, 0.2) is 72.9 Å². The normalized spacial score (nSPS) is 15.6. The van der Waals surface area contributed by atoms with E-state index in [0.29, 0.717) is 5.65 Å². The summed E-state index contributed by atoms with van der Waals surface area (Å²) in [5, 5.41) is 10.3. The third kappa shape index (κ3) is 2.53. The molecule has 1 aliphatic carbocycles. The fourth-order valence-corrected chi connectivity index (χ4v) is 3.93. The monoisotopic (exact) mass is 355 g/mol. The summed E-state index contributed by atoms with van der Waals surface area (Å²) in [5.74, 6) is 0.174. The summed E-state index contributed by atoms with van der Waals surface area (Å²) in [6.45, 7) is 0. The molecular formula is C23H21N3O. The summed E-state index contributed by atoms with van der Waals surface area (Å²) < 4.78 is 1.95. The smallest absolute Gasteiger partial charge is 0.180 e. The molecule has 4 heteroatoms. The van der Waals surface area contributed by atoms with Crippen molar-refractivity contribution in [2.75, 3.05) is 0 Å². The van der Waals surface area contributed by atoms with E-state index in [1.54, 1.807) is 6.07 Å². The van der Waals surface area contributed by atoms with Crippen molar-refractivity contribution in [2.45, 2.75) is 24.8 Å². The van der Waals surface area contributed by atoms with Gasteiger partial charge >= 0.3 is 0 Å². The summed E-state index contributed by atoms with van der Waals surface area (Å²) in [6, 6.07) is 22.1. The number of benzene rings is 2. The van der Waals surface area contributed by atoms with E-state index in [1.807, 2.05) is 34.9 Å². The fraction of sp³-hybridized carbons (Fsp3) is 0.174. The molecule has 0 spiro atoms. The van der Waals surface area contributed by atoms with E-state index >= 15 is 0 Å². The summed E-state index contributed by atoms with van der Waals surface area (Å²) in [7, 11) is 0. The van der Waals surface area contributed by atoms with Crippen molar-refractivity contribution in [1.82, 2.24) is 9.38 Å². The van der Waals surface area contributed by atoms with Crippen LogP contribution < -0.4 is 5.73 Å². The number of fused-ring (bicyclic) bond motifs is 1. The maximum Gasteiger partial charge on any atom is 0.180 e. The van der Waals surface area contributed by atoms with Crippen LogP contribution in [0.25, 0.3) is 28.2 Å². The van der Waals surface area contributed by atoms with Crippen molar-refractivity contribution in [3.8, 4) is 28.3 Å². The van der Waals surface area contributed by atoms with Crippen LogP contribution in [-0.4, -0.2) is 14.5 Å². The minimum Gasteiger partial charge on any atom is -0.504 e. The van der Waals surface area contributed by atoms with Crippen LogP contribution in [0.4, 0.5) is 0 Å². The van der Waals surface area contributed by atoms with Crippen LogP contribution in [-0.2, 0) is 5.54 Å². The predicted octanol–water partition coefficient (Wildman–Crippen LogP) is 4.71. The number of rotatable bonds is 3. The maximum absolute atomic E-state index is 10.3. The van der Waals surface area contributed by atoms with Gasteiger partial charge in [0.15, 0.2) is 11.4 Å². The van der Waals surface area contributed by atoms with Crippen molar-refractivity contribution in [3.05, 3.63) is 78.5 Å². The first kappa shape index (κ1) is 16.1. The lowest BCUT2D eigenvalue weighted by molar-refractivity contribution is 0.253. The van der Waals surface area contributed by atoms with Gasteiger partial charge in [0.25, 0.3) is 0 Å². The Kier molecular flexibility index (Phi) is 3.55. The minimum atomic E-state index is -0.169. The molecule has 0 amide bonds. The molecule has 0 atom stereocenters. The molecule has 1 saturated carbocycles. The quantitative estimate of drug-likeness (QED) is 0.559. The van der Waals surface area contributed by atoms with Crippen LogP contribution in [0.5, 0.6) is 5.75 Å². The van der Waals surface area contributed by atoms with Gasteiger partial charge < -0.3 is 10.8 Å². The molecule has 2 aromatic carbocycles. The molecule has 5 rings (SSSR count). The summed E-state index contributed by atoms with van der Waals surface area (Å²) in [6.07, 6.45) is 5.22. The average Bonchev–Trinajstić information content (AvgIpc) is 3.08. The first-order chi connectivity index (χ1) is 13.2. The van der Waals surface area contributed by atoms with Crippen molar-refractivity contribution < 1.29 is 5.11 Å². The third-order valence-electron chi connectivity index (χ3n) is 5.66. The highest BCUT2D eigenvalue weighted by atomic mass is 16.3. The Bertz CT molecular complexity index is 1110. The number of nitrogens with zero attached hydrogens (tertiary/aromatic N) is 2. The van der Waals surface area contributed by atoms with Crippen LogP contribution >= 0.6 is 0 Å². The second kappa shape index (κ2) is 5.96. The lowest BCUT2D eigenvalue weighted by atomic mass is 9.72. The molecule has 134 valence electrons.